The van der Waals surface area contributed by atoms with Gasteiger partial charge in [0.2, 0.25) is 0 Å². The van der Waals surface area contributed by atoms with Gasteiger partial charge in [-0.1, -0.05) is 23.2 Å². The van der Waals surface area contributed by atoms with Gasteiger partial charge in [-0.05, 0) is 43.3 Å². The summed E-state index contributed by atoms with van der Waals surface area (Å²) in [5.41, 5.74) is -0.200. The molecule has 0 aromatic heterocycles. The second kappa shape index (κ2) is 9.20. The third kappa shape index (κ3) is 6.12. The molecule has 0 aliphatic rings. The van der Waals surface area contributed by atoms with Gasteiger partial charge in [0.1, 0.15) is 10.8 Å². The van der Waals surface area contributed by atoms with Gasteiger partial charge in [0.15, 0.2) is 12.7 Å². The Hall–Kier alpha value is -2.84. The standard InChI is InChI=1S/C17H14Cl2N2O6/c1-10(27-13-5-2-11(18)3-6-13)17(23)26-9-16(22)20-12-4-7-14(19)15(8-12)21(24)25/h2-8,10H,9H2,1H3,(H,20,22)/t10-/m1/s1. The van der Waals surface area contributed by atoms with Crippen molar-refractivity contribution in [1.82, 2.24) is 0 Å². The number of benzene rings is 2. The average molecular weight is 413 g/mol. The normalized spacial score (nSPS) is 11.4. The highest BCUT2D eigenvalue weighted by molar-refractivity contribution is 6.32. The van der Waals surface area contributed by atoms with Crippen molar-refractivity contribution in [3.63, 3.8) is 0 Å². The van der Waals surface area contributed by atoms with Gasteiger partial charge in [-0.3, -0.25) is 14.9 Å². The van der Waals surface area contributed by atoms with Crippen molar-refractivity contribution in [3.05, 3.63) is 62.6 Å². The zero-order chi connectivity index (χ0) is 20.0. The number of nitro groups is 1. The summed E-state index contributed by atoms with van der Waals surface area (Å²) >= 11 is 11.5. The lowest BCUT2D eigenvalue weighted by atomic mass is 10.3. The maximum absolute atomic E-state index is 11.9. The number of hydrogen-bond donors (Lipinski definition) is 1. The largest absolute Gasteiger partial charge is 0.479 e. The average Bonchev–Trinajstić information content (AvgIpc) is 2.63. The van der Waals surface area contributed by atoms with Crippen LogP contribution in [-0.4, -0.2) is 29.5 Å². The Kier molecular flexibility index (Phi) is 6.98. The number of carbonyl (C=O) groups excluding carboxylic acids is 2. The van der Waals surface area contributed by atoms with Crippen LogP contribution in [-0.2, 0) is 14.3 Å². The fraction of sp³-hybridized carbons (Fsp3) is 0.176. The molecule has 0 aliphatic carbocycles. The summed E-state index contributed by atoms with van der Waals surface area (Å²) in [6.45, 7) is 0.890. The van der Waals surface area contributed by atoms with E-state index in [1.807, 2.05) is 0 Å². The van der Waals surface area contributed by atoms with Gasteiger partial charge in [0.25, 0.3) is 11.6 Å². The molecule has 2 aromatic rings. The molecule has 0 aliphatic heterocycles. The molecule has 27 heavy (non-hydrogen) atoms. The van der Waals surface area contributed by atoms with Crippen LogP contribution in [0.5, 0.6) is 5.75 Å². The molecule has 0 spiro atoms. The Bertz CT molecular complexity index is 857. The summed E-state index contributed by atoms with van der Waals surface area (Å²) in [4.78, 5) is 33.9. The van der Waals surface area contributed by atoms with Crippen molar-refractivity contribution < 1.29 is 24.0 Å². The van der Waals surface area contributed by atoms with Gasteiger partial charge in [-0.25, -0.2) is 4.79 Å². The van der Waals surface area contributed by atoms with E-state index in [2.05, 4.69) is 5.32 Å². The fourth-order valence-electron chi connectivity index (χ4n) is 1.95. The molecule has 1 amide bonds. The van der Waals surface area contributed by atoms with E-state index in [1.54, 1.807) is 24.3 Å². The first-order valence-corrected chi connectivity index (χ1v) is 8.34. The molecule has 0 saturated heterocycles. The van der Waals surface area contributed by atoms with Crippen molar-refractivity contribution in [2.45, 2.75) is 13.0 Å². The van der Waals surface area contributed by atoms with Crippen molar-refractivity contribution in [1.29, 1.82) is 0 Å². The number of ether oxygens (including phenoxy) is 2. The highest BCUT2D eigenvalue weighted by Crippen LogP contribution is 2.27. The lowest BCUT2D eigenvalue weighted by Crippen LogP contribution is -2.29. The van der Waals surface area contributed by atoms with Crippen LogP contribution in [0.3, 0.4) is 0 Å². The van der Waals surface area contributed by atoms with Crippen LogP contribution in [0.25, 0.3) is 0 Å². The van der Waals surface area contributed by atoms with E-state index in [-0.39, 0.29) is 16.4 Å². The number of carbonyl (C=O) groups is 2. The number of nitro benzene ring substituents is 1. The predicted molar refractivity (Wildman–Crippen MR) is 99.2 cm³/mol. The first-order valence-electron chi connectivity index (χ1n) is 7.59. The van der Waals surface area contributed by atoms with Gasteiger partial charge >= 0.3 is 5.97 Å². The van der Waals surface area contributed by atoms with Crippen molar-refractivity contribution in [3.8, 4) is 5.75 Å². The van der Waals surface area contributed by atoms with Gasteiger partial charge < -0.3 is 14.8 Å². The Labute approximate surface area is 164 Å². The number of amides is 1. The van der Waals surface area contributed by atoms with Gasteiger partial charge in [-0.15, -0.1) is 0 Å². The van der Waals surface area contributed by atoms with E-state index in [9.17, 15) is 19.7 Å². The van der Waals surface area contributed by atoms with Crippen molar-refractivity contribution in [2.75, 3.05) is 11.9 Å². The minimum atomic E-state index is -0.949. The Morgan fingerprint density at radius 1 is 1.19 bits per heavy atom. The molecular weight excluding hydrogens is 399 g/mol. The summed E-state index contributed by atoms with van der Waals surface area (Å²) in [5, 5.41) is 13.7. The van der Waals surface area contributed by atoms with Crippen LogP contribution in [0, 0.1) is 10.1 Å². The van der Waals surface area contributed by atoms with Crippen LogP contribution in [0.2, 0.25) is 10.0 Å². The Morgan fingerprint density at radius 3 is 2.48 bits per heavy atom. The molecule has 0 radical (unpaired) electrons. The highest BCUT2D eigenvalue weighted by atomic mass is 35.5. The number of nitrogens with zero attached hydrogens (tertiary/aromatic N) is 1. The van der Waals surface area contributed by atoms with Crippen LogP contribution in [0.4, 0.5) is 11.4 Å². The number of hydrogen-bond acceptors (Lipinski definition) is 6. The predicted octanol–water partition coefficient (Wildman–Crippen LogP) is 3.85. The number of halogens is 2. The molecule has 8 nitrogen and oxygen atoms in total. The number of rotatable bonds is 7. The topological polar surface area (TPSA) is 108 Å². The molecule has 2 aromatic carbocycles. The van der Waals surface area contributed by atoms with E-state index >= 15 is 0 Å². The monoisotopic (exact) mass is 412 g/mol. The van der Waals surface area contributed by atoms with Crippen LogP contribution >= 0.6 is 23.2 Å². The number of anilines is 1. The molecule has 1 atom stereocenters. The highest BCUT2D eigenvalue weighted by Gasteiger charge is 2.19. The van der Waals surface area contributed by atoms with E-state index in [1.165, 1.54) is 19.1 Å². The second-order valence-corrected chi connectivity index (χ2v) is 6.14. The number of esters is 1. The summed E-state index contributed by atoms with van der Waals surface area (Å²) in [6, 6.07) is 10.2. The lowest BCUT2D eigenvalue weighted by molar-refractivity contribution is -0.384. The maximum Gasteiger partial charge on any atom is 0.347 e. The van der Waals surface area contributed by atoms with E-state index in [0.717, 1.165) is 6.07 Å². The summed E-state index contributed by atoms with van der Waals surface area (Å²) in [5.74, 6) is -0.998. The van der Waals surface area contributed by atoms with E-state index in [4.69, 9.17) is 32.7 Å². The van der Waals surface area contributed by atoms with Crippen LogP contribution in [0.1, 0.15) is 6.92 Å². The third-order valence-electron chi connectivity index (χ3n) is 3.23. The maximum atomic E-state index is 11.9. The SMILES string of the molecule is C[C@@H](Oc1ccc(Cl)cc1)C(=O)OCC(=O)Nc1ccc(Cl)c([N+](=O)[O-])c1. The minimum absolute atomic E-state index is 0.0578. The fourth-order valence-corrected chi connectivity index (χ4v) is 2.26. The van der Waals surface area contributed by atoms with E-state index in [0.29, 0.717) is 10.8 Å². The van der Waals surface area contributed by atoms with Crippen LogP contribution in [0.15, 0.2) is 42.5 Å². The third-order valence-corrected chi connectivity index (χ3v) is 3.80. The molecule has 0 saturated carbocycles. The van der Waals surface area contributed by atoms with Gasteiger partial charge in [-0.2, -0.15) is 0 Å². The first-order chi connectivity index (χ1) is 12.8. The van der Waals surface area contributed by atoms with E-state index < -0.39 is 29.5 Å². The smallest absolute Gasteiger partial charge is 0.347 e. The summed E-state index contributed by atoms with van der Waals surface area (Å²) in [7, 11) is 0. The molecule has 0 bridgehead atoms. The summed E-state index contributed by atoms with van der Waals surface area (Å²) < 4.78 is 10.3. The number of nitrogens with one attached hydrogen (secondary N) is 1. The molecule has 0 heterocycles. The lowest BCUT2D eigenvalue weighted by Gasteiger charge is -2.14. The van der Waals surface area contributed by atoms with Crippen molar-refractivity contribution >= 4 is 46.5 Å². The molecule has 10 heteroatoms. The quantitative estimate of drug-likeness (QED) is 0.420. The van der Waals surface area contributed by atoms with Crippen LogP contribution < -0.4 is 10.1 Å². The molecule has 0 unspecified atom stereocenters. The zero-order valence-electron chi connectivity index (χ0n) is 14.0. The Balaban J connectivity index is 1.85. The molecule has 0 fully saturated rings. The molecule has 1 N–H and O–H groups in total. The minimum Gasteiger partial charge on any atom is -0.479 e. The molecular formula is C17H14Cl2N2O6. The second-order valence-electron chi connectivity index (χ2n) is 5.29. The van der Waals surface area contributed by atoms with Gasteiger partial charge in [0.05, 0.1) is 4.92 Å². The molecule has 2 rings (SSSR count). The summed E-state index contributed by atoms with van der Waals surface area (Å²) in [6.07, 6.45) is -0.949. The van der Waals surface area contributed by atoms with Crippen molar-refractivity contribution in [2.24, 2.45) is 0 Å². The van der Waals surface area contributed by atoms with Gasteiger partial charge in [0, 0.05) is 16.8 Å². The molecule has 142 valence electrons. The Morgan fingerprint density at radius 2 is 1.85 bits per heavy atom. The first kappa shape index (κ1) is 20.5. The zero-order valence-corrected chi connectivity index (χ0v) is 15.5.